The number of aryl methyl sites for hydroxylation is 2. The van der Waals surface area contributed by atoms with E-state index < -0.39 is 0 Å². The average Bonchev–Trinajstić information content (AvgIpc) is 3.53. The van der Waals surface area contributed by atoms with Gasteiger partial charge in [0.15, 0.2) is 0 Å². The molecule has 0 spiro atoms. The maximum Gasteiger partial charge on any atom is 2.00 e. The Morgan fingerprint density at radius 2 is 1.13 bits per heavy atom. The van der Waals surface area contributed by atoms with Crippen LogP contribution in [0.2, 0.25) is 0 Å². The van der Waals surface area contributed by atoms with Crippen molar-refractivity contribution in [2.24, 2.45) is 28.6 Å². The van der Waals surface area contributed by atoms with Crippen LogP contribution in [0.15, 0.2) is 47.1 Å². The van der Waals surface area contributed by atoms with E-state index >= 15 is 0 Å². The van der Waals surface area contributed by atoms with Gasteiger partial charge in [-0.1, -0.05) is 90.0 Å². The monoisotopic (exact) mass is 718 g/mol. The molecule has 3 heteroatoms. The summed E-state index contributed by atoms with van der Waals surface area (Å²) in [6, 6.07) is 10.4. The van der Waals surface area contributed by atoms with Crippen LogP contribution in [0.5, 0.6) is 0 Å². The summed E-state index contributed by atoms with van der Waals surface area (Å²) in [5.74, 6) is 3.51. The Labute approximate surface area is 306 Å². The van der Waals surface area contributed by atoms with Crippen LogP contribution in [0.3, 0.4) is 0 Å². The first-order valence-corrected chi connectivity index (χ1v) is 17.4. The van der Waals surface area contributed by atoms with Crippen molar-refractivity contribution in [2.75, 3.05) is 0 Å². The van der Waals surface area contributed by atoms with Gasteiger partial charge in [-0.05, 0) is 156 Å². The molecule has 9 rings (SSSR count). The Bertz CT molecular complexity index is 1490. The standard InChI is InChI=1S/C42H54.2ClH.Zr/c1-24-12-33-31(19-35(24)39(3,4)5)32-20-36(40(6,7)8)25(2)13-34(32)38(33)41(9)11-10-29-17-30(18-37(29)41)42-21-26-14-27(22-42)16-28(15-26)23-42;;;/h12-13,18-20,26-28,38H,10-11,14-17,21-23H2,1-9H3;2*1H;/q;;;+2/p-2. The number of fused-ring (bicyclic) bond motifs is 3. The molecule has 2 aromatic carbocycles. The van der Waals surface area contributed by atoms with Crippen molar-refractivity contribution >= 4 is 0 Å². The molecule has 0 saturated heterocycles. The molecule has 0 aliphatic heterocycles. The van der Waals surface area contributed by atoms with Crippen LogP contribution in [-0.2, 0) is 37.0 Å². The predicted molar refractivity (Wildman–Crippen MR) is 178 cm³/mol. The second kappa shape index (κ2) is 11.5. The molecular weight excluding hydrogens is 667 g/mol. The van der Waals surface area contributed by atoms with E-state index in [1.54, 1.807) is 16.7 Å². The van der Waals surface area contributed by atoms with Gasteiger partial charge in [-0.2, -0.15) is 0 Å². The Morgan fingerprint density at radius 3 is 1.56 bits per heavy atom. The molecule has 45 heavy (non-hydrogen) atoms. The molecule has 1 atom stereocenters. The molecule has 7 aliphatic rings. The second-order valence-corrected chi connectivity index (χ2v) is 18.4. The summed E-state index contributed by atoms with van der Waals surface area (Å²) in [5, 5.41) is 0. The predicted octanol–water partition coefficient (Wildman–Crippen LogP) is 5.66. The molecule has 240 valence electrons. The number of rotatable bonds is 2. The zero-order valence-corrected chi connectivity index (χ0v) is 33.3. The Balaban J connectivity index is 0.00000133. The van der Waals surface area contributed by atoms with E-state index in [9.17, 15) is 0 Å². The number of hydrogen-bond donors (Lipinski definition) is 0. The Morgan fingerprint density at radius 1 is 0.689 bits per heavy atom. The first-order chi connectivity index (χ1) is 19.7. The SMILES string of the molecule is Cc1cc2c(cc1C(C)(C)C)-c1cc(C(C)(C)C)c(C)cc1C2C1(C)CCC2=C1C=C(C13CC4CC(CC(C4)C1)C3)C2.[Cl-].[Cl-].[Zr+2]. The van der Waals surface area contributed by atoms with E-state index in [0.717, 1.165) is 17.8 Å². The normalized spacial score (nSPS) is 31.1. The number of allylic oxidation sites excluding steroid dienone is 4. The third-order valence-electron chi connectivity index (χ3n) is 13.3. The van der Waals surface area contributed by atoms with Gasteiger partial charge >= 0.3 is 26.2 Å². The summed E-state index contributed by atoms with van der Waals surface area (Å²) in [4.78, 5) is 0. The van der Waals surface area contributed by atoms with Gasteiger partial charge in [0.1, 0.15) is 0 Å². The van der Waals surface area contributed by atoms with Crippen LogP contribution < -0.4 is 24.8 Å². The minimum atomic E-state index is 0. The number of benzene rings is 2. The van der Waals surface area contributed by atoms with Gasteiger partial charge in [0.25, 0.3) is 0 Å². The van der Waals surface area contributed by atoms with Crippen molar-refractivity contribution in [1.82, 2.24) is 0 Å². The maximum absolute atomic E-state index is 2.83. The summed E-state index contributed by atoms with van der Waals surface area (Å²) in [6.07, 6.45) is 15.9. The minimum absolute atomic E-state index is 0. The van der Waals surface area contributed by atoms with Gasteiger partial charge in [-0.25, -0.2) is 0 Å². The van der Waals surface area contributed by atoms with Gasteiger partial charge in [-0.15, -0.1) is 0 Å². The summed E-state index contributed by atoms with van der Waals surface area (Å²) in [7, 11) is 0. The van der Waals surface area contributed by atoms with Crippen molar-refractivity contribution in [3.05, 3.63) is 80.4 Å². The first-order valence-electron chi connectivity index (χ1n) is 17.4. The molecular formula is C42H54Cl2Zr. The molecule has 4 fully saturated rings. The average molecular weight is 721 g/mol. The van der Waals surface area contributed by atoms with Gasteiger partial charge < -0.3 is 24.8 Å². The Hall–Kier alpha value is -0.617. The van der Waals surface area contributed by atoms with Gasteiger partial charge in [0.05, 0.1) is 0 Å². The molecule has 0 N–H and O–H groups in total. The zero-order valence-electron chi connectivity index (χ0n) is 29.3. The van der Waals surface area contributed by atoms with Crippen LogP contribution in [0.25, 0.3) is 11.1 Å². The van der Waals surface area contributed by atoms with Crippen molar-refractivity contribution in [3.8, 4) is 11.1 Å². The molecule has 2 aromatic rings. The number of halogens is 2. The summed E-state index contributed by atoms with van der Waals surface area (Å²) < 4.78 is 0. The largest absolute Gasteiger partial charge is 2.00 e. The Kier molecular flexibility index (Phi) is 9.11. The van der Waals surface area contributed by atoms with E-state index in [2.05, 4.69) is 92.7 Å². The molecule has 0 nitrogen and oxygen atoms in total. The second-order valence-electron chi connectivity index (χ2n) is 18.4. The maximum atomic E-state index is 2.83. The quantitative estimate of drug-likeness (QED) is 0.376. The fourth-order valence-electron chi connectivity index (χ4n) is 12.0. The molecule has 1 unspecified atom stereocenters. The van der Waals surface area contributed by atoms with Crippen LogP contribution in [0.1, 0.15) is 146 Å². The molecule has 4 saturated carbocycles. The molecule has 0 amide bonds. The van der Waals surface area contributed by atoms with Crippen molar-refractivity contribution < 1.29 is 51.0 Å². The van der Waals surface area contributed by atoms with E-state index in [1.165, 1.54) is 91.2 Å². The van der Waals surface area contributed by atoms with Crippen molar-refractivity contribution in [3.63, 3.8) is 0 Å². The molecule has 0 aromatic heterocycles. The zero-order chi connectivity index (χ0) is 29.6. The topological polar surface area (TPSA) is 0 Å². The third kappa shape index (κ3) is 5.30. The van der Waals surface area contributed by atoms with Gasteiger partial charge in [0, 0.05) is 11.3 Å². The third-order valence-corrected chi connectivity index (χ3v) is 13.3. The van der Waals surface area contributed by atoms with Crippen LogP contribution in [-0.4, -0.2) is 0 Å². The van der Waals surface area contributed by atoms with Crippen molar-refractivity contribution in [1.29, 1.82) is 0 Å². The van der Waals surface area contributed by atoms with E-state index in [4.69, 9.17) is 0 Å². The molecule has 4 bridgehead atoms. The number of hydrogen-bond acceptors (Lipinski definition) is 0. The fraction of sp³-hybridized carbons (Fsp3) is 0.619. The van der Waals surface area contributed by atoms with Crippen LogP contribution in [0, 0.1) is 42.4 Å². The minimum Gasteiger partial charge on any atom is -1.00 e. The molecule has 0 radical (unpaired) electrons. The van der Waals surface area contributed by atoms with E-state index in [1.807, 2.05) is 11.1 Å². The smallest absolute Gasteiger partial charge is 1.00 e. The van der Waals surface area contributed by atoms with Crippen LogP contribution >= 0.6 is 0 Å². The summed E-state index contributed by atoms with van der Waals surface area (Å²) >= 11 is 0. The summed E-state index contributed by atoms with van der Waals surface area (Å²) in [5.41, 5.74) is 18.6. The van der Waals surface area contributed by atoms with E-state index in [-0.39, 0.29) is 67.3 Å². The molecule has 0 heterocycles. The van der Waals surface area contributed by atoms with Crippen LogP contribution in [0.4, 0.5) is 0 Å². The van der Waals surface area contributed by atoms with Crippen molar-refractivity contribution in [2.45, 2.75) is 137 Å². The molecule has 7 aliphatic carbocycles. The fourth-order valence-corrected chi connectivity index (χ4v) is 12.0. The van der Waals surface area contributed by atoms with E-state index in [0.29, 0.717) is 11.3 Å². The van der Waals surface area contributed by atoms with Gasteiger partial charge in [-0.3, -0.25) is 0 Å². The summed E-state index contributed by atoms with van der Waals surface area (Å²) in [6.45, 7) is 21.7. The first kappa shape index (κ1) is 35.7. The van der Waals surface area contributed by atoms with Gasteiger partial charge in [0.2, 0.25) is 0 Å².